The van der Waals surface area contributed by atoms with Gasteiger partial charge in [-0.25, -0.2) is 0 Å². The zero-order valence-electron chi connectivity index (χ0n) is 13.0. The van der Waals surface area contributed by atoms with Crippen LogP contribution in [-0.4, -0.2) is 5.60 Å². The molecule has 1 heterocycles. The lowest BCUT2D eigenvalue weighted by atomic mass is 9.80. The van der Waals surface area contributed by atoms with Crippen molar-refractivity contribution in [2.24, 2.45) is 5.92 Å². The Labute approximate surface area is 118 Å². The van der Waals surface area contributed by atoms with Gasteiger partial charge in [0.05, 0.1) is 0 Å². The lowest BCUT2D eigenvalue weighted by molar-refractivity contribution is 0.0762. The van der Waals surface area contributed by atoms with E-state index in [-0.39, 0.29) is 5.60 Å². The molecule has 0 N–H and O–H groups in total. The molecule has 19 heavy (non-hydrogen) atoms. The van der Waals surface area contributed by atoms with Crippen LogP contribution in [0.2, 0.25) is 0 Å². The van der Waals surface area contributed by atoms with Crippen LogP contribution in [0.3, 0.4) is 0 Å². The SMILES string of the molecule is CCCCCC[C@@H]1CC=CC2=C1C(C)=CC(C)(C)O2. The molecule has 0 bridgehead atoms. The normalized spacial score (nSPS) is 24.8. The third-order valence-corrected chi connectivity index (χ3v) is 4.13. The van der Waals surface area contributed by atoms with Crippen molar-refractivity contribution in [2.75, 3.05) is 0 Å². The van der Waals surface area contributed by atoms with Crippen LogP contribution in [0.25, 0.3) is 0 Å². The second kappa shape index (κ2) is 5.98. The van der Waals surface area contributed by atoms with E-state index in [1.54, 1.807) is 0 Å². The van der Waals surface area contributed by atoms with Gasteiger partial charge in [0.25, 0.3) is 0 Å². The lowest BCUT2D eigenvalue weighted by Crippen LogP contribution is -2.28. The van der Waals surface area contributed by atoms with Crippen LogP contribution in [0.1, 0.15) is 66.2 Å². The van der Waals surface area contributed by atoms with Gasteiger partial charge in [0.2, 0.25) is 0 Å². The van der Waals surface area contributed by atoms with Crippen molar-refractivity contribution in [3.63, 3.8) is 0 Å². The van der Waals surface area contributed by atoms with Gasteiger partial charge in [-0.05, 0) is 57.3 Å². The fraction of sp³-hybridized carbons (Fsp3) is 0.667. The van der Waals surface area contributed by atoms with Crippen LogP contribution < -0.4 is 0 Å². The Morgan fingerprint density at radius 2 is 2.05 bits per heavy atom. The van der Waals surface area contributed by atoms with Crippen LogP contribution in [0.5, 0.6) is 0 Å². The van der Waals surface area contributed by atoms with Crippen LogP contribution >= 0.6 is 0 Å². The summed E-state index contributed by atoms with van der Waals surface area (Å²) in [5, 5.41) is 0. The van der Waals surface area contributed by atoms with Crippen molar-refractivity contribution in [2.45, 2.75) is 71.8 Å². The Bertz CT molecular complexity index is 409. The summed E-state index contributed by atoms with van der Waals surface area (Å²) in [6, 6.07) is 0. The topological polar surface area (TPSA) is 9.23 Å². The maximum Gasteiger partial charge on any atom is 0.124 e. The van der Waals surface area contributed by atoms with Crippen molar-refractivity contribution in [1.82, 2.24) is 0 Å². The molecule has 0 fully saturated rings. The number of unbranched alkanes of at least 4 members (excludes halogenated alkanes) is 3. The number of ether oxygens (including phenoxy) is 1. The molecule has 1 aliphatic heterocycles. The molecular formula is C18H28O. The third kappa shape index (κ3) is 3.52. The van der Waals surface area contributed by atoms with E-state index in [9.17, 15) is 0 Å². The average Bonchev–Trinajstić information content (AvgIpc) is 2.32. The lowest BCUT2D eigenvalue weighted by Gasteiger charge is -2.36. The first-order valence-electron chi connectivity index (χ1n) is 7.83. The minimum absolute atomic E-state index is 0.155. The highest BCUT2D eigenvalue weighted by molar-refractivity contribution is 5.44. The molecule has 0 spiro atoms. The van der Waals surface area contributed by atoms with Crippen molar-refractivity contribution >= 4 is 0 Å². The monoisotopic (exact) mass is 260 g/mol. The molecule has 0 aromatic heterocycles. The van der Waals surface area contributed by atoms with Gasteiger partial charge in [-0.15, -0.1) is 0 Å². The summed E-state index contributed by atoms with van der Waals surface area (Å²) < 4.78 is 6.12. The molecule has 1 heteroatoms. The van der Waals surface area contributed by atoms with Crippen molar-refractivity contribution in [3.05, 3.63) is 35.1 Å². The fourth-order valence-corrected chi connectivity index (χ4v) is 3.35. The van der Waals surface area contributed by atoms with E-state index in [1.807, 2.05) is 0 Å². The summed E-state index contributed by atoms with van der Waals surface area (Å²) in [7, 11) is 0. The van der Waals surface area contributed by atoms with Gasteiger partial charge in [-0.3, -0.25) is 0 Å². The van der Waals surface area contributed by atoms with Crippen LogP contribution in [0.15, 0.2) is 35.1 Å². The molecule has 1 nitrogen and oxygen atoms in total. The highest BCUT2D eigenvalue weighted by atomic mass is 16.5. The number of allylic oxidation sites excluding steroid dienone is 4. The Morgan fingerprint density at radius 1 is 1.26 bits per heavy atom. The first-order chi connectivity index (χ1) is 9.03. The van der Waals surface area contributed by atoms with E-state index in [0.29, 0.717) is 5.92 Å². The standard InChI is InChI=1S/C18H28O/c1-5-6-7-8-10-15-11-9-12-16-17(15)14(2)13-18(3,4)19-16/h9,12-13,15H,5-8,10-11H2,1-4H3/t15-/m1/s1. The predicted octanol–water partition coefficient (Wildman–Crippen LogP) is 5.54. The molecule has 0 aromatic carbocycles. The largest absolute Gasteiger partial charge is 0.483 e. The summed E-state index contributed by atoms with van der Waals surface area (Å²) in [5.74, 6) is 1.79. The second-order valence-electron chi connectivity index (χ2n) is 6.50. The second-order valence-corrected chi connectivity index (χ2v) is 6.50. The summed E-state index contributed by atoms with van der Waals surface area (Å²) >= 11 is 0. The number of hydrogen-bond acceptors (Lipinski definition) is 1. The molecule has 1 aliphatic carbocycles. The highest BCUT2D eigenvalue weighted by Crippen LogP contribution is 2.40. The molecule has 106 valence electrons. The molecule has 2 rings (SSSR count). The molecule has 0 saturated heterocycles. The molecule has 0 saturated carbocycles. The molecule has 0 aromatic rings. The van der Waals surface area contributed by atoms with E-state index >= 15 is 0 Å². The predicted molar refractivity (Wildman–Crippen MR) is 82.0 cm³/mol. The first-order valence-corrected chi connectivity index (χ1v) is 7.83. The van der Waals surface area contributed by atoms with Crippen molar-refractivity contribution in [3.8, 4) is 0 Å². The van der Waals surface area contributed by atoms with E-state index in [1.165, 1.54) is 49.7 Å². The van der Waals surface area contributed by atoms with Crippen LogP contribution in [0.4, 0.5) is 0 Å². The molecule has 2 aliphatic rings. The van der Waals surface area contributed by atoms with E-state index < -0.39 is 0 Å². The number of rotatable bonds is 5. The molecule has 0 radical (unpaired) electrons. The van der Waals surface area contributed by atoms with Gasteiger partial charge >= 0.3 is 0 Å². The van der Waals surface area contributed by atoms with Gasteiger partial charge in [0.15, 0.2) is 0 Å². The Kier molecular flexibility index (Phi) is 4.54. The zero-order valence-corrected chi connectivity index (χ0v) is 13.0. The zero-order chi connectivity index (χ0) is 13.9. The van der Waals surface area contributed by atoms with Gasteiger partial charge < -0.3 is 4.74 Å². The van der Waals surface area contributed by atoms with E-state index in [0.717, 1.165) is 5.76 Å². The average molecular weight is 260 g/mol. The Morgan fingerprint density at radius 3 is 2.79 bits per heavy atom. The van der Waals surface area contributed by atoms with Crippen LogP contribution in [-0.2, 0) is 4.74 Å². The van der Waals surface area contributed by atoms with Gasteiger partial charge in [0, 0.05) is 5.57 Å². The van der Waals surface area contributed by atoms with E-state index in [4.69, 9.17) is 4.74 Å². The third-order valence-electron chi connectivity index (χ3n) is 4.13. The number of hydrogen-bond donors (Lipinski definition) is 0. The van der Waals surface area contributed by atoms with Crippen LogP contribution in [0, 0.1) is 5.92 Å². The maximum atomic E-state index is 6.12. The Hall–Kier alpha value is -0.980. The van der Waals surface area contributed by atoms with Gasteiger partial charge in [0.1, 0.15) is 11.4 Å². The maximum absolute atomic E-state index is 6.12. The molecule has 0 unspecified atom stereocenters. The quantitative estimate of drug-likeness (QED) is 0.589. The minimum atomic E-state index is -0.155. The van der Waals surface area contributed by atoms with E-state index in [2.05, 4.69) is 45.9 Å². The smallest absolute Gasteiger partial charge is 0.124 e. The van der Waals surface area contributed by atoms with Gasteiger partial charge in [-0.1, -0.05) is 38.7 Å². The first kappa shape index (κ1) is 14.4. The Balaban J connectivity index is 2.06. The summed E-state index contributed by atoms with van der Waals surface area (Å²) in [5.41, 5.74) is 2.74. The molecule has 0 amide bonds. The fourth-order valence-electron chi connectivity index (χ4n) is 3.35. The highest BCUT2D eigenvalue weighted by Gasteiger charge is 2.30. The van der Waals surface area contributed by atoms with Gasteiger partial charge in [-0.2, -0.15) is 0 Å². The minimum Gasteiger partial charge on any atom is -0.483 e. The summed E-state index contributed by atoms with van der Waals surface area (Å²) in [4.78, 5) is 0. The summed E-state index contributed by atoms with van der Waals surface area (Å²) in [6.45, 7) is 8.80. The molecular weight excluding hydrogens is 232 g/mol. The molecule has 1 atom stereocenters. The summed E-state index contributed by atoms with van der Waals surface area (Å²) in [6.07, 6.45) is 14.6. The van der Waals surface area contributed by atoms with Crippen molar-refractivity contribution in [1.29, 1.82) is 0 Å². The van der Waals surface area contributed by atoms with Crippen molar-refractivity contribution < 1.29 is 4.74 Å².